The lowest BCUT2D eigenvalue weighted by molar-refractivity contribution is -0.385. The van der Waals surface area contributed by atoms with Crippen LogP contribution < -0.4 is 0 Å². The van der Waals surface area contributed by atoms with Crippen molar-refractivity contribution in [2.24, 2.45) is 0 Å². The number of nitro benzene ring substituents is 1. The molecular formula is C9H10FNO4S. The fourth-order valence-corrected chi connectivity index (χ4v) is 1.74. The standard InChI is InChI=1S/C9H10FNO4S/c1-16(14,15)5-4-7-2-3-8(11(12)13)6-9(7)10/h2-3,6H,4-5H2,1H3. The van der Waals surface area contributed by atoms with Crippen molar-refractivity contribution in [3.63, 3.8) is 0 Å². The molecule has 0 aliphatic carbocycles. The molecule has 0 heterocycles. The van der Waals surface area contributed by atoms with Crippen LogP contribution in [0.25, 0.3) is 0 Å². The Bertz CT molecular complexity index is 512. The average molecular weight is 247 g/mol. The fourth-order valence-electron chi connectivity index (χ4n) is 1.15. The number of hydrogen-bond acceptors (Lipinski definition) is 4. The number of sulfone groups is 1. The van der Waals surface area contributed by atoms with E-state index in [-0.39, 0.29) is 23.4 Å². The van der Waals surface area contributed by atoms with Gasteiger partial charge < -0.3 is 0 Å². The number of hydrogen-bond donors (Lipinski definition) is 0. The Kier molecular flexibility index (Phi) is 3.58. The topological polar surface area (TPSA) is 77.3 Å². The van der Waals surface area contributed by atoms with E-state index in [1.165, 1.54) is 6.07 Å². The van der Waals surface area contributed by atoms with Crippen molar-refractivity contribution in [3.8, 4) is 0 Å². The van der Waals surface area contributed by atoms with Gasteiger partial charge in [-0.3, -0.25) is 10.1 Å². The van der Waals surface area contributed by atoms with Gasteiger partial charge in [-0.05, 0) is 18.1 Å². The normalized spacial score (nSPS) is 11.4. The van der Waals surface area contributed by atoms with Gasteiger partial charge in [0.2, 0.25) is 0 Å². The van der Waals surface area contributed by atoms with Crippen LogP contribution >= 0.6 is 0 Å². The number of aryl methyl sites for hydroxylation is 1. The predicted molar refractivity (Wildman–Crippen MR) is 56.5 cm³/mol. The minimum Gasteiger partial charge on any atom is -0.258 e. The van der Waals surface area contributed by atoms with Crippen molar-refractivity contribution in [1.29, 1.82) is 0 Å². The van der Waals surface area contributed by atoms with Gasteiger partial charge in [-0.2, -0.15) is 0 Å². The first-order valence-electron chi connectivity index (χ1n) is 4.40. The Balaban J connectivity index is 2.88. The zero-order chi connectivity index (χ0) is 12.3. The molecule has 1 aromatic rings. The average Bonchev–Trinajstić information content (AvgIpc) is 2.14. The summed E-state index contributed by atoms with van der Waals surface area (Å²) in [6.07, 6.45) is 1.07. The molecule has 7 heteroatoms. The third-order valence-electron chi connectivity index (χ3n) is 1.99. The van der Waals surface area contributed by atoms with Gasteiger partial charge in [0.25, 0.3) is 5.69 Å². The number of rotatable bonds is 4. The third-order valence-corrected chi connectivity index (χ3v) is 2.94. The van der Waals surface area contributed by atoms with Gasteiger partial charge in [0.05, 0.1) is 16.7 Å². The number of nitrogens with zero attached hydrogens (tertiary/aromatic N) is 1. The molecule has 0 aromatic heterocycles. The first-order valence-corrected chi connectivity index (χ1v) is 6.46. The lowest BCUT2D eigenvalue weighted by atomic mass is 10.1. The van der Waals surface area contributed by atoms with Gasteiger partial charge in [-0.1, -0.05) is 0 Å². The highest BCUT2D eigenvalue weighted by atomic mass is 32.2. The molecule has 0 aliphatic heterocycles. The summed E-state index contributed by atoms with van der Waals surface area (Å²) in [4.78, 5) is 9.62. The smallest absolute Gasteiger partial charge is 0.258 e. The molecular weight excluding hydrogens is 237 g/mol. The maximum absolute atomic E-state index is 13.3. The van der Waals surface area contributed by atoms with Crippen molar-refractivity contribution in [2.75, 3.05) is 12.0 Å². The molecule has 0 saturated carbocycles. The summed E-state index contributed by atoms with van der Waals surface area (Å²) in [7, 11) is -3.17. The van der Waals surface area contributed by atoms with Crippen molar-refractivity contribution < 1.29 is 17.7 Å². The van der Waals surface area contributed by atoms with E-state index in [9.17, 15) is 22.9 Å². The van der Waals surface area contributed by atoms with Crippen LogP contribution in [-0.4, -0.2) is 25.3 Å². The molecule has 0 spiro atoms. The Morgan fingerprint density at radius 2 is 2.06 bits per heavy atom. The van der Waals surface area contributed by atoms with Crippen LogP contribution in [0.4, 0.5) is 10.1 Å². The maximum Gasteiger partial charge on any atom is 0.272 e. The summed E-state index contributed by atoms with van der Waals surface area (Å²) in [6.45, 7) is 0. The summed E-state index contributed by atoms with van der Waals surface area (Å²) < 4.78 is 35.0. The molecule has 0 saturated heterocycles. The van der Waals surface area contributed by atoms with E-state index >= 15 is 0 Å². The Morgan fingerprint density at radius 3 is 2.50 bits per heavy atom. The lowest BCUT2D eigenvalue weighted by Crippen LogP contribution is -2.07. The molecule has 16 heavy (non-hydrogen) atoms. The van der Waals surface area contributed by atoms with E-state index in [1.807, 2.05) is 0 Å². The van der Waals surface area contributed by atoms with Gasteiger partial charge in [0, 0.05) is 12.3 Å². The van der Waals surface area contributed by atoms with Crippen LogP contribution in [0.1, 0.15) is 5.56 Å². The Labute approximate surface area is 92.0 Å². The quantitative estimate of drug-likeness (QED) is 0.594. The second kappa shape index (κ2) is 4.56. The van der Waals surface area contributed by atoms with E-state index in [0.29, 0.717) is 0 Å². The van der Waals surface area contributed by atoms with E-state index in [0.717, 1.165) is 18.4 Å². The van der Waals surface area contributed by atoms with E-state index < -0.39 is 20.6 Å². The van der Waals surface area contributed by atoms with E-state index in [4.69, 9.17) is 0 Å². The van der Waals surface area contributed by atoms with Crippen LogP contribution in [0, 0.1) is 15.9 Å². The van der Waals surface area contributed by atoms with Crippen molar-refractivity contribution >= 4 is 15.5 Å². The zero-order valence-corrected chi connectivity index (χ0v) is 9.33. The zero-order valence-electron chi connectivity index (χ0n) is 8.51. The maximum atomic E-state index is 13.3. The van der Waals surface area contributed by atoms with Crippen molar-refractivity contribution in [2.45, 2.75) is 6.42 Å². The summed E-state index contributed by atoms with van der Waals surface area (Å²) in [5.41, 5.74) is -0.184. The number of halogens is 1. The molecule has 0 amide bonds. The van der Waals surface area contributed by atoms with Crippen LogP contribution in [-0.2, 0) is 16.3 Å². The fraction of sp³-hybridized carbons (Fsp3) is 0.333. The summed E-state index contributed by atoms with van der Waals surface area (Å²) in [6, 6.07) is 3.18. The number of non-ortho nitro benzene ring substituents is 1. The molecule has 0 radical (unpaired) electrons. The molecule has 1 aromatic carbocycles. The highest BCUT2D eigenvalue weighted by Gasteiger charge is 2.12. The molecule has 88 valence electrons. The first-order chi connectivity index (χ1) is 7.29. The SMILES string of the molecule is CS(=O)(=O)CCc1ccc([N+](=O)[O-])cc1F. The second-order valence-electron chi connectivity index (χ2n) is 3.41. The Morgan fingerprint density at radius 1 is 1.44 bits per heavy atom. The first kappa shape index (κ1) is 12.6. The number of nitro groups is 1. The largest absolute Gasteiger partial charge is 0.272 e. The highest BCUT2D eigenvalue weighted by molar-refractivity contribution is 7.90. The van der Waals surface area contributed by atoms with Gasteiger partial charge in [-0.25, -0.2) is 12.8 Å². The highest BCUT2D eigenvalue weighted by Crippen LogP contribution is 2.17. The van der Waals surface area contributed by atoms with E-state index in [1.54, 1.807) is 0 Å². The van der Waals surface area contributed by atoms with Crippen molar-refractivity contribution in [3.05, 3.63) is 39.7 Å². The molecule has 0 fully saturated rings. The van der Waals surface area contributed by atoms with E-state index in [2.05, 4.69) is 0 Å². The molecule has 0 unspecified atom stereocenters. The molecule has 0 aliphatic rings. The minimum absolute atomic E-state index is 0.0165. The molecule has 0 bridgehead atoms. The van der Waals surface area contributed by atoms with Crippen molar-refractivity contribution in [1.82, 2.24) is 0 Å². The monoisotopic (exact) mass is 247 g/mol. The van der Waals surface area contributed by atoms with Gasteiger partial charge in [-0.15, -0.1) is 0 Å². The van der Waals surface area contributed by atoms with Gasteiger partial charge in [0.15, 0.2) is 0 Å². The molecule has 5 nitrogen and oxygen atoms in total. The minimum atomic E-state index is -3.17. The van der Waals surface area contributed by atoms with Crippen LogP contribution in [0.15, 0.2) is 18.2 Å². The Hall–Kier alpha value is -1.50. The predicted octanol–water partition coefficient (Wildman–Crippen LogP) is 1.32. The summed E-state index contributed by atoms with van der Waals surface area (Å²) in [5, 5.41) is 10.3. The third kappa shape index (κ3) is 3.58. The number of benzene rings is 1. The molecule has 1 rings (SSSR count). The van der Waals surface area contributed by atoms with Crippen LogP contribution in [0.2, 0.25) is 0 Å². The molecule has 0 N–H and O–H groups in total. The summed E-state index contributed by atoms with van der Waals surface area (Å²) in [5.74, 6) is -0.931. The van der Waals surface area contributed by atoms with Crippen LogP contribution in [0.5, 0.6) is 0 Å². The second-order valence-corrected chi connectivity index (χ2v) is 5.67. The van der Waals surface area contributed by atoms with Gasteiger partial charge >= 0.3 is 0 Å². The van der Waals surface area contributed by atoms with Gasteiger partial charge in [0.1, 0.15) is 15.7 Å². The summed E-state index contributed by atoms with van der Waals surface area (Å²) >= 11 is 0. The lowest BCUT2D eigenvalue weighted by Gasteiger charge is -2.01. The molecule has 0 atom stereocenters. The van der Waals surface area contributed by atoms with Crippen LogP contribution in [0.3, 0.4) is 0 Å².